The normalized spacial score (nSPS) is 13.7. The van der Waals surface area contributed by atoms with E-state index >= 15 is 0 Å². The number of amides is 1. The van der Waals surface area contributed by atoms with Gasteiger partial charge in [0.05, 0.1) is 5.56 Å². The van der Waals surface area contributed by atoms with E-state index in [-0.39, 0.29) is 17.3 Å². The van der Waals surface area contributed by atoms with Crippen molar-refractivity contribution in [2.75, 3.05) is 6.54 Å². The van der Waals surface area contributed by atoms with Crippen molar-refractivity contribution in [2.45, 2.75) is 19.1 Å². The number of rotatable bonds is 3. The van der Waals surface area contributed by atoms with Gasteiger partial charge in [-0.1, -0.05) is 36.4 Å². The summed E-state index contributed by atoms with van der Waals surface area (Å²) < 4.78 is 38.5. The first-order valence-corrected chi connectivity index (χ1v) is 10.5. The molecular formula is C26H19F3N2O2. The van der Waals surface area contributed by atoms with Crippen LogP contribution in [-0.4, -0.2) is 28.1 Å². The number of nitrogens with zero attached hydrogens (tertiary/aromatic N) is 1. The highest BCUT2D eigenvalue weighted by Gasteiger charge is 2.31. The summed E-state index contributed by atoms with van der Waals surface area (Å²) in [5.41, 5.74) is 3.10. The minimum absolute atomic E-state index is 0.0784. The standard InChI is InChI=1S/C26H19F3N2O2/c27-26(28,29)18-9-7-16(8-10-18)24(32)21-4-1-3-17-15-31(14-12-19(17)21)25(33)22-5-2-6-23-20(22)11-13-30-23/h1-11,13,30H,12,14-15H2. The molecule has 0 radical (unpaired) electrons. The Morgan fingerprint density at radius 2 is 1.61 bits per heavy atom. The number of fused-ring (bicyclic) bond motifs is 2. The second kappa shape index (κ2) is 7.92. The van der Waals surface area contributed by atoms with Gasteiger partial charge in [0.25, 0.3) is 5.91 Å². The number of ketones is 1. The Balaban J connectivity index is 1.41. The van der Waals surface area contributed by atoms with Gasteiger partial charge in [-0.25, -0.2) is 0 Å². The minimum atomic E-state index is -4.45. The van der Waals surface area contributed by atoms with Gasteiger partial charge in [0.15, 0.2) is 5.78 Å². The van der Waals surface area contributed by atoms with E-state index in [2.05, 4.69) is 4.98 Å². The number of carbonyl (C=O) groups excluding carboxylic acids is 2. The lowest BCUT2D eigenvalue weighted by molar-refractivity contribution is -0.137. The van der Waals surface area contributed by atoms with Gasteiger partial charge in [-0.3, -0.25) is 9.59 Å². The number of carbonyl (C=O) groups is 2. The van der Waals surface area contributed by atoms with Crippen LogP contribution in [0.3, 0.4) is 0 Å². The van der Waals surface area contributed by atoms with Gasteiger partial charge in [-0.05, 0) is 47.9 Å². The summed E-state index contributed by atoms with van der Waals surface area (Å²) in [7, 11) is 0. The van der Waals surface area contributed by atoms with E-state index in [9.17, 15) is 22.8 Å². The molecule has 2 heterocycles. The van der Waals surface area contributed by atoms with Crippen molar-refractivity contribution in [1.82, 2.24) is 9.88 Å². The Morgan fingerprint density at radius 3 is 2.36 bits per heavy atom. The van der Waals surface area contributed by atoms with Crippen LogP contribution in [-0.2, 0) is 19.1 Å². The summed E-state index contributed by atoms with van der Waals surface area (Å²) in [6.45, 7) is 0.813. The highest BCUT2D eigenvalue weighted by molar-refractivity contribution is 6.10. The Hall–Kier alpha value is -3.87. The van der Waals surface area contributed by atoms with Crippen LogP contribution < -0.4 is 0 Å². The molecule has 0 bridgehead atoms. The summed E-state index contributed by atoms with van der Waals surface area (Å²) in [4.78, 5) is 31.2. The number of aromatic nitrogens is 1. The molecule has 1 aliphatic heterocycles. The second-order valence-corrected chi connectivity index (χ2v) is 8.07. The molecule has 0 unspecified atom stereocenters. The quantitative estimate of drug-likeness (QED) is 0.414. The molecule has 1 N–H and O–H groups in total. The monoisotopic (exact) mass is 448 g/mol. The average Bonchev–Trinajstić information content (AvgIpc) is 3.31. The van der Waals surface area contributed by atoms with E-state index in [1.807, 2.05) is 24.3 Å². The van der Waals surface area contributed by atoms with Crippen molar-refractivity contribution in [3.63, 3.8) is 0 Å². The molecule has 0 saturated heterocycles. The predicted octanol–water partition coefficient (Wildman–Crippen LogP) is 5.62. The second-order valence-electron chi connectivity index (χ2n) is 8.07. The lowest BCUT2D eigenvalue weighted by Crippen LogP contribution is -2.36. The minimum Gasteiger partial charge on any atom is -0.361 e. The van der Waals surface area contributed by atoms with Crippen LogP contribution in [0.25, 0.3) is 10.9 Å². The molecule has 0 atom stereocenters. The first-order chi connectivity index (χ1) is 15.8. The molecule has 0 saturated carbocycles. The molecule has 4 aromatic rings. The SMILES string of the molecule is O=C(c1ccc(C(F)(F)F)cc1)c1cccc2c1CCN(C(=O)c1cccc3[nH]ccc13)C2. The Kier molecular flexibility index (Phi) is 5.04. The largest absolute Gasteiger partial charge is 0.416 e. The lowest BCUT2D eigenvalue weighted by Gasteiger charge is -2.30. The Morgan fingerprint density at radius 1 is 0.879 bits per heavy atom. The van der Waals surface area contributed by atoms with Crippen molar-refractivity contribution in [3.8, 4) is 0 Å². The third kappa shape index (κ3) is 3.80. The van der Waals surface area contributed by atoms with Gasteiger partial charge in [0.1, 0.15) is 0 Å². The lowest BCUT2D eigenvalue weighted by atomic mass is 9.90. The molecule has 166 valence electrons. The maximum atomic E-state index is 13.2. The van der Waals surface area contributed by atoms with Crippen molar-refractivity contribution in [1.29, 1.82) is 0 Å². The number of benzene rings is 3. The fraction of sp³-hybridized carbons (Fsp3) is 0.154. The van der Waals surface area contributed by atoms with E-state index in [1.165, 1.54) is 12.1 Å². The third-order valence-corrected chi connectivity index (χ3v) is 6.10. The van der Waals surface area contributed by atoms with Gasteiger partial charge < -0.3 is 9.88 Å². The molecule has 0 fully saturated rings. The zero-order valence-corrected chi connectivity index (χ0v) is 17.4. The van der Waals surface area contributed by atoms with Crippen LogP contribution in [0.2, 0.25) is 0 Å². The molecule has 1 aromatic heterocycles. The summed E-state index contributed by atoms with van der Waals surface area (Å²) in [6, 6.07) is 17.0. The van der Waals surface area contributed by atoms with E-state index in [0.29, 0.717) is 30.6 Å². The molecular weight excluding hydrogens is 429 g/mol. The topological polar surface area (TPSA) is 53.2 Å². The molecule has 1 aliphatic rings. The first kappa shape index (κ1) is 21.0. The van der Waals surface area contributed by atoms with Gasteiger partial charge in [-0.15, -0.1) is 0 Å². The van der Waals surface area contributed by atoms with E-state index < -0.39 is 11.7 Å². The first-order valence-electron chi connectivity index (χ1n) is 10.5. The number of alkyl halides is 3. The van der Waals surface area contributed by atoms with Gasteiger partial charge in [0.2, 0.25) is 0 Å². The molecule has 3 aromatic carbocycles. The number of nitrogens with one attached hydrogen (secondary N) is 1. The summed E-state index contributed by atoms with van der Waals surface area (Å²) >= 11 is 0. The summed E-state index contributed by atoms with van der Waals surface area (Å²) in [5, 5.41) is 0.861. The average molecular weight is 448 g/mol. The molecule has 4 nitrogen and oxygen atoms in total. The van der Waals surface area contributed by atoms with E-state index in [4.69, 9.17) is 0 Å². The zero-order valence-electron chi connectivity index (χ0n) is 17.4. The van der Waals surface area contributed by atoms with Crippen LogP contribution in [0.15, 0.2) is 72.9 Å². The van der Waals surface area contributed by atoms with Gasteiger partial charge >= 0.3 is 6.18 Å². The van der Waals surface area contributed by atoms with Crippen LogP contribution in [0.1, 0.15) is 43.0 Å². The fourth-order valence-corrected chi connectivity index (χ4v) is 4.40. The Labute approximate surface area is 187 Å². The van der Waals surface area contributed by atoms with Gasteiger partial charge in [0, 0.05) is 46.9 Å². The number of aromatic amines is 1. The zero-order chi connectivity index (χ0) is 23.2. The number of hydrogen-bond acceptors (Lipinski definition) is 2. The summed E-state index contributed by atoms with van der Waals surface area (Å²) in [6.07, 6.45) is -2.16. The van der Waals surface area contributed by atoms with Crippen LogP contribution in [0, 0.1) is 0 Å². The third-order valence-electron chi connectivity index (χ3n) is 6.10. The molecule has 1 amide bonds. The smallest absolute Gasteiger partial charge is 0.361 e. The summed E-state index contributed by atoms with van der Waals surface area (Å²) in [5.74, 6) is -0.400. The van der Waals surface area contributed by atoms with Crippen molar-refractivity contribution in [3.05, 3.63) is 106 Å². The Bertz CT molecular complexity index is 1370. The van der Waals surface area contributed by atoms with E-state index in [1.54, 1.807) is 29.3 Å². The van der Waals surface area contributed by atoms with Crippen molar-refractivity contribution < 1.29 is 22.8 Å². The maximum absolute atomic E-state index is 13.2. The number of hydrogen-bond donors (Lipinski definition) is 1. The predicted molar refractivity (Wildman–Crippen MR) is 118 cm³/mol. The number of H-pyrrole nitrogens is 1. The number of halogens is 3. The highest BCUT2D eigenvalue weighted by atomic mass is 19.4. The van der Waals surface area contributed by atoms with Crippen molar-refractivity contribution in [2.24, 2.45) is 0 Å². The molecule has 5 rings (SSSR count). The molecule has 0 aliphatic carbocycles. The highest BCUT2D eigenvalue weighted by Crippen LogP contribution is 2.31. The maximum Gasteiger partial charge on any atom is 0.416 e. The van der Waals surface area contributed by atoms with E-state index in [0.717, 1.165) is 34.2 Å². The molecule has 0 spiro atoms. The van der Waals surface area contributed by atoms with Crippen LogP contribution >= 0.6 is 0 Å². The van der Waals surface area contributed by atoms with Crippen LogP contribution in [0.4, 0.5) is 13.2 Å². The molecule has 33 heavy (non-hydrogen) atoms. The molecule has 7 heteroatoms. The van der Waals surface area contributed by atoms with Gasteiger partial charge in [-0.2, -0.15) is 13.2 Å². The fourth-order valence-electron chi connectivity index (χ4n) is 4.40. The van der Waals surface area contributed by atoms with Crippen molar-refractivity contribution >= 4 is 22.6 Å². The van der Waals surface area contributed by atoms with Crippen LogP contribution in [0.5, 0.6) is 0 Å².